The van der Waals surface area contributed by atoms with Crippen molar-refractivity contribution >= 4 is 5.97 Å². The SMILES string of the molecule is CC1CCC(CN2CCC(CCCc3ccc(F)cc3)CC2)C1.CCC1CCCC1.CCCCCC(=O)O.c1ccccc1. The highest BCUT2D eigenvalue weighted by molar-refractivity contribution is 5.66. The van der Waals surface area contributed by atoms with Gasteiger partial charge in [-0.1, -0.05) is 127 Å². The number of halogens is 1. The van der Waals surface area contributed by atoms with E-state index < -0.39 is 5.97 Å². The molecular formula is C40H64FNO2. The summed E-state index contributed by atoms with van der Waals surface area (Å²) in [7, 11) is 0. The Bertz CT molecular complexity index is 909. The van der Waals surface area contributed by atoms with Crippen LogP contribution in [0.25, 0.3) is 0 Å². The summed E-state index contributed by atoms with van der Waals surface area (Å²) in [6.07, 6.45) is 21.5. The van der Waals surface area contributed by atoms with Crippen molar-refractivity contribution in [2.24, 2.45) is 23.7 Å². The van der Waals surface area contributed by atoms with Crippen molar-refractivity contribution in [1.29, 1.82) is 0 Å². The summed E-state index contributed by atoms with van der Waals surface area (Å²) in [6, 6.07) is 19.0. The zero-order chi connectivity index (χ0) is 31.8. The standard InChI is InChI=1S/C21H32FN.C7H14.C6H12O2.C6H6/c1-17-5-6-20(15-17)16-23-13-11-19(12-14-23)4-2-3-18-7-9-21(22)10-8-18;1-2-7-5-3-4-6-7;1-2-3-4-5-6(7)8;1-2-4-6-5-3-1/h7-10,17,19-20H,2-6,11-16H2,1H3;7H,2-6H2,1H3;2-5H2,1H3,(H,7,8);1-6H. The van der Waals surface area contributed by atoms with E-state index in [1.165, 1.54) is 102 Å². The number of rotatable bonds is 11. The first-order chi connectivity index (χ1) is 21.4. The lowest BCUT2D eigenvalue weighted by Gasteiger charge is -2.33. The molecule has 0 amide bonds. The Hall–Kier alpha value is -2.20. The number of aryl methyl sites for hydroxylation is 1. The first-order valence-electron chi connectivity index (χ1n) is 18.1. The van der Waals surface area contributed by atoms with Crippen LogP contribution in [0.4, 0.5) is 4.39 Å². The van der Waals surface area contributed by atoms with Crippen LogP contribution in [-0.2, 0) is 11.2 Å². The fraction of sp³-hybridized carbons (Fsp3) is 0.675. The predicted molar refractivity (Wildman–Crippen MR) is 185 cm³/mol. The van der Waals surface area contributed by atoms with Gasteiger partial charge in [0.1, 0.15) is 5.82 Å². The third kappa shape index (κ3) is 18.6. The molecule has 0 aromatic heterocycles. The van der Waals surface area contributed by atoms with E-state index in [1.807, 2.05) is 48.5 Å². The monoisotopic (exact) mass is 609 g/mol. The van der Waals surface area contributed by atoms with Gasteiger partial charge in [-0.3, -0.25) is 4.79 Å². The summed E-state index contributed by atoms with van der Waals surface area (Å²) in [5, 5.41) is 8.14. The van der Waals surface area contributed by atoms with Gasteiger partial charge in [0.15, 0.2) is 0 Å². The fourth-order valence-corrected chi connectivity index (χ4v) is 6.89. The van der Waals surface area contributed by atoms with E-state index >= 15 is 0 Å². The molecule has 1 aliphatic heterocycles. The molecule has 1 heterocycles. The van der Waals surface area contributed by atoms with Crippen LogP contribution in [0.5, 0.6) is 0 Å². The van der Waals surface area contributed by atoms with Gasteiger partial charge in [0, 0.05) is 13.0 Å². The molecule has 3 nitrogen and oxygen atoms in total. The normalized spacial score (nSPS) is 20.5. The third-order valence-corrected chi connectivity index (χ3v) is 9.73. The minimum atomic E-state index is -0.682. The van der Waals surface area contributed by atoms with E-state index in [0.717, 1.165) is 49.4 Å². The quantitative estimate of drug-likeness (QED) is 0.258. The summed E-state index contributed by atoms with van der Waals surface area (Å²) in [5.74, 6) is 3.13. The first-order valence-corrected chi connectivity index (χ1v) is 18.1. The largest absolute Gasteiger partial charge is 0.481 e. The first kappa shape index (κ1) is 38.0. The van der Waals surface area contributed by atoms with Gasteiger partial charge < -0.3 is 10.0 Å². The molecule has 2 atom stereocenters. The molecule has 2 unspecified atom stereocenters. The van der Waals surface area contributed by atoms with Gasteiger partial charge in [-0.15, -0.1) is 0 Å². The van der Waals surface area contributed by atoms with Crippen molar-refractivity contribution in [1.82, 2.24) is 4.90 Å². The van der Waals surface area contributed by atoms with Crippen molar-refractivity contribution < 1.29 is 14.3 Å². The molecule has 2 aliphatic carbocycles. The number of carbonyl (C=O) groups is 1. The maximum atomic E-state index is 12.9. The van der Waals surface area contributed by atoms with Gasteiger partial charge in [-0.2, -0.15) is 0 Å². The van der Waals surface area contributed by atoms with Crippen LogP contribution < -0.4 is 0 Å². The third-order valence-electron chi connectivity index (χ3n) is 9.73. The van der Waals surface area contributed by atoms with Crippen molar-refractivity contribution in [3.05, 3.63) is 72.0 Å². The van der Waals surface area contributed by atoms with E-state index in [4.69, 9.17) is 5.11 Å². The molecule has 0 spiro atoms. The van der Waals surface area contributed by atoms with Crippen LogP contribution in [0, 0.1) is 29.5 Å². The van der Waals surface area contributed by atoms with Crippen LogP contribution in [0.15, 0.2) is 60.7 Å². The molecule has 44 heavy (non-hydrogen) atoms. The second kappa shape index (κ2) is 24.1. The number of likely N-dealkylation sites (tertiary alicyclic amines) is 1. The number of hydrogen-bond acceptors (Lipinski definition) is 2. The van der Waals surface area contributed by atoms with E-state index in [-0.39, 0.29) is 5.82 Å². The summed E-state index contributed by atoms with van der Waals surface area (Å²) in [4.78, 5) is 12.6. The lowest BCUT2D eigenvalue weighted by atomic mass is 9.90. The van der Waals surface area contributed by atoms with Crippen molar-refractivity contribution in [3.63, 3.8) is 0 Å². The molecule has 2 saturated carbocycles. The van der Waals surface area contributed by atoms with Crippen LogP contribution >= 0.6 is 0 Å². The lowest BCUT2D eigenvalue weighted by Crippen LogP contribution is -2.36. The van der Waals surface area contributed by atoms with Crippen LogP contribution in [0.1, 0.15) is 129 Å². The Morgan fingerprint density at radius 1 is 0.795 bits per heavy atom. The number of hydrogen-bond donors (Lipinski definition) is 1. The topological polar surface area (TPSA) is 40.5 Å². The van der Waals surface area contributed by atoms with E-state index in [0.29, 0.717) is 6.42 Å². The average Bonchev–Trinajstić information content (AvgIpc) is 3.73. The fourth-order valence-electron chi connectivity index (χ4n) is 6.89. The Balaban J connectivity index is 0.000000260. The Morgan fingerprint density at radius 3 is 1.89 bits per heavy atom. The molecule has 1 N–H and O–H groups in total. The summed E-state index contributed by atoms with van der Waals surface area (Å²) in [6.45, 7) is 10.7. The molecule has 3 aliphatic rings. The van der Waals surface area contributed by atoms with Crippen LogP contribution in [0.2, 0.25) is 0 Å². The highest BCUT2D eigenvalue weighted by Crippen LogP contribution is 2.32. The van der Waals surface area contributed by atoms with E-state index in [9.17, 15) is 9.18 Å². The smallest absolute Gasteiger partial charge is 0.303 e. The Morgan fingerprint density at radius 2 is 1.41 bits per heavy atom. The highest BCUT2D eigenvalue weighted by atomic mass is 19.1. The van der Waals surface area contributed by atoms with Gasteiger partial charge in [-0.25, -0.2) is 4.39 Å². The molecule has 3 fully saturated rings. The molecule has 0 bridgehead atoms. The van der Waals surface area contributed by atoms with E-state index in [1.54, 1.807) is 12.1 Å². The number of benzene rings is 2. The number of unbranched alkanes of at least 4 members (excludes halogenated alkanes) is 2. The maximum Gasteiger partial charge on any atom is 0.303 e. The summed E-state index contributed by atoms with van der Waals surface area (Å²) >= 11 is 0. The zero-order valence-electron chi connectivity index (χ0n) is 28.4. The van der Waals surface area contributed by atoms with Gasteiger partial charge in [0.05, 0.1) is 0 Å². The molecule has 4 heteroatoms. The molecule has 5 rings (SSSR count). The number of carboxylic acids is 1. The number of piperidine rings is 1. The van der Waals surface area contributed by atoms with Gasteiger partial charge in [0.25, 0.3) is 0 Å². The second-order valence-electron chi connectivity index (χ2n) is 13.6. The van der Waals surface area contributed by atoms with Crippen molar-refractivity contribution in [3.8, 4) is 0 Å². The van der Waals surface area contributed by atoms with E-state index in [2.05, 4.69) is 25.7 Å². The number of nitrogens with zero attached hydrogens (tertiary/aromatic N) is 1. The van der Waals surface area contributed by atoms with Crippen molar-refractivity contribution in [2.75, 3.05) is 19.6 Å². The zero-order valence-corrected chi connectivity index (χ0v) is 28.4. The highest BCUT2D eigenvalue weighted by Gasteiger charge is 2.25. The van der Waals surface area contributed by atoms with Gasteiger partial charge in [-0.05, 0) is 99.4 Å². The second-order valence-corrected chi connectivity index (χ2v) is 13.6. The number of aliphatic carboxylic acids is 1. The Kier molecular flexibility index (Phi) is 20.8. The summed E-state index contributed by atoms with van der Waals surface area (Å²) in [5.41, 5.74) is 1.28. The molecule has 2 aromatic carbocycles. The minimum Gasteiger partial charge on any atom is -0.481 e. The predicted octanol–water partition coefficient (Wildman–Crippen LogP) is 11.2. The molecule has 1 saturated heterocycles. The van der Waals surface area contributed by atoms with Crippen LogP contribution in [0.3, 0.4) is 0 Å². The van der Waals surface area contributed by atoms with Gasteiger partial charge >= 0.3 is 5.97 Å². The molecule has 0 radical (unpaired) electrons. The lowest BCUT2D eigenvalue weighted by molar-refractivity contribution is -0.137. The number of carboxylic acid groups (broad SMARTS) is 1. The van der Waals surface area contributed by atoms with Crippen molar-refractivity contribution in [2.45, 2.75) is 130 Å². The average molecular weight is 610 g/mol. The molecule has 248 valence electrons. The van der Waals surface area contributed by atoms with Gasteiger partial charge in [0.2, 0.25) is 0 Å². The van der Waals surface area contributed by atoms with Crippen LogP contribution in [-0.4, -0.2) is 35.6 Å². The molecule has 2 aromatic rings. The maximum absolute atomic E-state index is 12.9. The molecular weight excluding hydrogens is 545 g/mol. The summed E-state index contributed by atoms with van der Waals surface area (Å²) < 4.78 is 12.9. The Labute approximate surface area is 270 Å². The minimum absolute atomic E-state index is 0.127.